The molecule has 1 atom stereocenters. The van der Waals surface area contributed by atoms with Gasteiger partial charge in [0.2, 0.25) is 0 Å². The summed E-state index contributed by atoms with van der Waals surface area (Å²) in [5.41, 5.74) is 4.26. The molecule has 2 aromatic heterocycles. The molecule has 0 bridgehead atoms. The Morgan fingerprint density at radius 2 is 2.00 bits per heavy atom. The third-order valence-electron chi connectivity index (χ3n) is 4.11. The Morgan fingerprint density at radius 3 is 2.75 bits per heavy atom. The summed E-state index contributed by atoms with van der Waals surface area (Å²) in [6.07, 6.45) is 3.42. The van der Waals surface area contributed by atoms with Gasteiger partial charge in [-0.25, -0.2) is 9.50 Å². The van der Waals surface area contributed by atoms with Crippen LogP contribution in [0.2, 0.25) is 0 Å². The smallest absolute Gasteiger partial charge is 0.256 e. The number of rotatable bonds is 5. The number of nitrogens with zero attached hydrogens (tertiary/aromatic N) is 3. The number of amides is 1. The van der Waals surface area contributed by atoms with Crippen molar-refractivity contribution < 1.29 is 4.79 Å². The van der Waals surface area contributed by atoms with E-state index in [1.54, 1.807) is 10.7 Å². The first kappa shape index (κ1) is 16.2. The summed E-state index contributed by atoms with van der Waals surface area (Å²) < 4.78 is 1.70. The third kappa shape index (κ3) is 3.45. The van der Waals surface area contributed by atoms with Crippen molar-refractivity contribution in [2.24, 2.45) is 0 Å². The average molecular weight is 322 g/mol. The van der Waals surface area contributed by atoms with Gasteiger partial charge in [0.1, 0.15) is 5.56 Å². The maximum atomic E-state index is 12.6. The van der Waals surface area contributed by atoms with Crippen LogP contribution >= 0.6 is 0 Å². The molecule has 5 nitrogen and oxygen atoms in total. The van der Waals surface area contributed by atoms with Gasteiger partial charge in [0.15, 0.2) is 5.65 Å². The Kier molecular flexibility index (Phi) is 4.60. The minimum atomic E-state index is -0.122. The summed E-state index contributed by atoms with van der Waals surface area (Å²) in [4.78, 5) is 17.0. The van der Waals surface area contributed by atoms with Crippen LogP contribution in [0.1, 0.15) is 40.7 Å². The van der Waals surface area contributed by atoms with Crippen LogP contribution in [0, 0.1) is 13.8 Å². The number of nitrogens with one attached hydrogen (secondary N) is 1. The molecule has 0 saturated heterocycles. The summed E-state index contributed by atoms with van der Waals surface area (Å²) >= 11 is 0. The number of fused-ring (bicyclic) bond motifs is 1. The van der Waals surface area contributed by atoms with Crippen LogP contribution in [0.5, 0.6) is 0 Å². The molecule has 3 rings (SSSR count). The van der Waals surface area contributed by atoms with Gasteiger partial charge < -0.3 is 5.32 Å². The highest BCUT2D eigenvalue weighted by atomic mass is 16.1. The Morgan fingerprint density at radius 1 is 1.25 bits per heavy atom. The molecule has 0 aliphatic rings. The Balaban J connectivity index is 1.68. The molecule has 0 saturated carbocycles. The monoisotopic (exact) mass is 322 g/mol. The highest BCUT2D eigenvalue weighted by molar-refractivity contribution is 5.99. The van der Waals surface area contributed by atoms with E-state index in [2.05, 4.69) is 27.5 Å². The molecule has 3 aromatic rings. The van der Waals surface area contributed by atoms with Gasteiger partial charge in [-0.1, -0.05) is 30.3 Å². The lowest BCUT2D eigenvalue weighted by molar-refractivity contribution is 0.0940. The topological polar surface area (TPSA) is 59.3 Å². The fourth-order valence-electron chi connectivity index (χ4n) is 2.83. The van der Waals surface area contributed by atoms with E-state index in [4.69, 9.17) is 0 Å². The van der Waals surface area contributed by atoms with E-state index in [-0.39, 0.29) is 11.9 Å². The molecule has 2 heterocycles. The summed E-state index contributed by atoms with van der Waals surface area (Å²) in [5, 5.41) is 7.33. The second-order valence-electron chi connectivity index (χ2n) is 6.23. The second-order valence-corrected chi connectivity index (χ2v) is 6.23. The lowest BCUT2D eigenvalue weighted by Gasteiger charge is -2.13. The highest BCUT2D eigenvalue weighted by Crippen LogP contribution is 2.12. The molecule has 0 fully saturated rings. The number of benzene rings is 1. The molecular formula is C19H22N4O. The molecule has 5 heteroatoms. The van der Waals surface area contributed by atoms with E-state index in [1.165, 1.54) is 5.56 Å². The van der Waals surface area contributed by atoms with E-state index in [1.807, 2.05) is 45.0 Å². The SMILES string of the molecule is Cc1cc(C)n2ncc(C(=O)NC(C)CCc3ccccc3)c2n1. The van der Waals surface area contributed by atoms with Crippen molar-refractivity contribution in [3.8, 4) is 0 Å². The molecular weight excluding hydrogens is 300 g/mol. The zero-order valence-electron chi connectivity index (χ0n) is 14.3. The van der Waals surface area contributed by atoms with Crippen molar-refractivity contribution in [1.82, 2.24) is 19.9 Å². The molecule has 124 valence electrons. The normalized spacial score (nSPS) is 12.3. The van der Waals surface area contributed by atoms with Crippen LogP contribution in [0.3, 0.4) is 0 Å². The average Bonchev–Trinajstić information content (AvgIpc) is 2.98. The van der Waals surface area contributed by atoms with Crippen molar-refractivity contribution in [3.05, 3.63) is 65.1 Å². The van der Waals surface area contributed by atoms with E-state index in [0.29, 0.717) is 11.2 Å². The molecule has 0 radical (unpaired) electrons. The predicted molar refractivity (Wildman–Crippen MR) is 94.2 cm³/mol. The van der Waals surface area contributed by atoms with Crippen LogP contribution in [0.25, 0.3) is 5.65 Å². The molecule has 1 amide bonds. The van der Waals surface area contributed by atoms with Crippen molar-refractivity contribution >= 4 is 11.6 Å². The van der Waals surface area contributed by atoms with Gasteiger partial charge >= 0.3 is 0 Å². The third-order valence-corrected chi connectivity index (χ3v) is 4.11. The molecule has 0 aliphatic carbocycles. The first-order chi connectivity index (χ1) is 11.5. The standard InChI is InChI=1S/C19H22N4O/c1-13(9-10-16-7-5-4-6-8-16)22-19(24)17-12-20-23-15(3)11-14(2)21-18(17)23/h4-8,11-13H,9-10H2,1-3H3,(H,22,24). The number of aromatic nitrogens is 3. The molecule has 1 N–H and O–H groups in total. The maximum Gasteiger partial charge on any atom is 0.256 e. The first-order valence-corrected chi connectivity index (χ1v) is 8.21. The fourth-order valence-corrected chi connectivity index (χ4v) is 2.83. The minimum Gasteiger partial charge on any atom is -0.349 e. The lowest BCUT2D eigenvalue weighted by Crippen LogP contribution is -2.32. The quantitative estimate of drug-likeness (QED) is 0.785. The molecule has 0 spiro atoms. The molecule has 1 unspecified atom stereocenters. The van der Waals surface area contributed by atoms with Gasteiger partial charge in [-0.05, 0) is 45.2 Å². The zero-order valence-corrected chi connectivity index (χ0v) is 14.3. The van der Waals surface area contributed by atoms with Crippen LogP contribution in [-0.4, -0.2) is 26.5 Å². The van der Waals surface area contributed by atoms with Crippen LogP contribution in [-0.2, 0) is 6.42 Å². The Labute approximate surface area is 141 Å². The van der Waals surface area contributed by atoms with Gasteiger partial charge in [-0.3, -0.25) is 4.79 Å². The lowest BCUT2D eigenvalue weighted by atomic mass is 10.1. The van der Waals surface area contributed by atoms with Gasteiger partial charge in [0.25, 0.3) is 5.91 Å². The predicted octanol–water partition coefficient (Wildman–Crippen LogP) is 3.10. The van der Waals surface area contributed by atoms with Crippen molar-refractivity contribution in [1.29, 1.82) is 0 Å². The van der Waals surface area contributed by atoms with E-state index in [9.17, 15) is 4.79 Å². The summed E-state index contributed by atoms with van der Waals surface area (Å²) in [6, 6.07) is 12.3. The molecule has 1 aromatic carbocycles. The number of hydrogen-bond acceptors (Lipinski definition) is 3. The number of carbonyl (C=O) groups is 1. The van der Waals surface area contributed by atoms with E-state index in [0.717, 1.165) is 24.2 Å². The van der Waals surface area contributed by atoms with Crippen LogP contribution in [0.4, 0.5) is 0 Å². The largest absolute Gasteiger partial charge is 0.349 e. The van der Waals surface area contributed by atoms with Crippen LogP contribution in [0.15, 0.2) is 42.6 Å². The Hall–Kier alpha value is -2.69. The van der Waals surface area contributed by atoms with Crippen molar-refractivity contribution in [2.45, 2.75) is 39.7 Å². The molecule has 0 aliphatic heterocycles. The number of carbonyl (C=O) groups excluding carboxylic acids is 1. The van der Waals surface area contributed by atoms with E-state index >= 15 is 0 Å². The van der Waals surface area contributed by atoms with Gasteiger partial charge in [-0.2, -0.15) is 5.10 Å². The number of aryl methyl sites for hydroxylation is 3. The van der Waals surface area contributed by atoms with Crippen molar-refractivity contribution in [3.63, 3.8) is 0 Å². The maximum absolute atomic E-state index is 12.6. The van der Waals surface area contributed by atoms with Gasteiger partial charge in [0.05, 0.1) is 6.20 Å². The fraction of sp³-hybridized carbons (Fsp3) is 0.316. The molecule has 24 heavy (non-hydrogen) atoms. The van der Waals surface area contributed by atoms with Gasteiger partial charge in [0, 0.05) is 17.4 Å². The van der Waals surface area contributed by atoms with Gasteiger partial charge in [-0.15, -0.1) is 0 Å². The van der Waals surface area contributed by atoms with Crippen molar-refractivity contribution in [2.75, 3.05) is 0 Å². The van der Waals surface area contributed by atoms with Crippen LogP contribution < -0.4 is 5.32 Å². The number of hydrogen-bond donors (Lipinski definition) is 1. The minimum absolute atomic E-state index is 0.0820. The highest BCUT2D eigenvalue weighted by Gasteiger charge is 2.17. The summed E-state index contributed by atoms with van der Waals surface area (Å²) in [7, 11) is 0. The first-order valence-electron chi connectivity index (χ1n) is 8.21. The second kappa shape index (κ2) is 6.83. The Bertz CT molecular complexity index is 854. The summed E-state index contributed by atoms with van der Waals surface area (Å²) in [6.45, 7) is 5.90. The van der Waals surface area contributed by atoms with E-state index < -0.39 is 0 Å². The zero-order chi connectivity index (χ0) is 17.1. The summed E-state index contributed by atoms with van der Waals surface area (Å²) in [5.74, 6) is -0.122.